The van der Waals surface area contributed by atoms with E-state index in [-0.39, 0.29) is 0 Å². The standard InChI is InChI=1S/C14H18N2/c1-2-12-14-11(10-6-3-4-7-10)8-5-9-13(14)16-15-12/h5,8-10H,2-4,6-7H2,1H3,(H,15,16). The molecule has 2 nitrogen and oxygen atoms in total. The van der Waals surface area contributed by atoms with Crippen LogP contribution in [0.2, 0.25) is 0 Å². The zero-order valence-corrected chi connectivity index (χ0v) is 9.79. The number of rotatable bonds is 2. The van der Waals surface area contributed by atoms with Gasteiger partial charge < -0.3 is 0 Å². The Labute approximate surface area is 96.1 Å². The van der Waals surface area contributed by atoms with E-state index in [1.54, 1.807) is 0 Å². The lowest BCUT2D eigenvalue weighted by atomic mass is 9.93. The molecule has 1 N–H and O–H groups in total. The molecule has 16 heavy (non-hydrogen) atoms. The molecule has 0 saturated heterocycles. The maximum atomic E-state index is 4.40. The number of aromatic amines is 1. The Kier molecular flexibility index (Phi) is 2.43. The molecule has 2 heteroatoms. The van der Waals surface area contributed by atoms with Crippen LogP contribution in [0.15, 0.2) is 18.2 Å². The van der Waals surface area contributed by atoms with E-state index >= 15 is 0 Å². The van der Waals surface area contributed by atoms with Gasteiger partial charge in [0.2, 0.25) is 0 Å². The molecule has 3 rings (SSSR count). The van der Waals surface area contributed by atoms with E-state index in [4.69, 9.17) is 0 Å². The molecule has 1 aliphatic rings. The molecular weight excluding hydrogens is 196 g/mol. The number of hydrogen-bond donors (Lipinski definition) is 1. The van der Waals surface area contributed by atoms with Crippen molar-refractivity contribution in [3.05, 3.63) is 29.5 Å². The van der Waals surface area contributed by atoms with Gasteiger partial charge in [-0.2, -0.15) is 5.10 Å². The molecule has 0 unspecified atom stereocenters. The van der Waals surface area contributed by atoms with Gasteiger partial charge in [0.05, 0.1) is 5.52 Å². The van der Waals surface area contributed by atoms with Gasteiger partial charge in [-0.15, -0.1) is 0 Å². The van der Waals surface area contributed by atoms with Crippen LogP contribution in [0.1, 0.15) is 49.8 Å². The minimum absolute atomic E-state index is 0.770. The van der Waals surface area contributed by atoms with E-state index in [1.807, 2.05) is 0 Å². The van der Waals surface area contributed by atoms with E-state index in [9.17, 15) is 0 Å². The molecule has 84 valence electrons. The third-order valence-corrected chi connectivity index (χ3v) is 3.84. The number of fused-ring (bicyclic) bond motifs is 1. The van der Waals surface area contributed by atoms with Crippen LogP contribution in [0.4, 0.5) is 0 Å². The maximum Gasteiger partial charge on any atom is 0.0926 e. The summed E-state index contributed by atoms with van der Waals surface area (Å²) in [6.45, 7) is 2.19. The number of hydrogen-bond acceptors (Lipinski definition) is 1. The Hall–Kier alpha value is -1.31. The third-order valence-electron chi connectivity index (χ3n) is 3.84. The summed E-state index contributed by atoms with van der Waals surface area (Å²) in [5.41, 5.74) is 3.97. The lowest BCUT2D eigenvalue weighted by Gasteiger charge is -2.11. The van der Waals surface area contributed by atoms with Crippen LogP contribution in [0.3, 0.4) is 0 Å². The average Bonchev–Trinajstić information content (AvgIpc) is 2.97. The van der Waals surface area contributed by atoms with Crippen molar-refractivity contribution in [1.29, 1.82) is 0 Å². The molecule has 1 aliphatic carbocycles. The first-order valence-electron chi connectivity index (χ1n) is 6.36. The van der Waals surface area contributed by atoms with Gasteiger partial charge in [0, 0.05) is 11.1 Å². The van der Waals surface area contributed by atoms with Gasteiger partial charge >= 0.3 is 0 Å². The van der Waals surface area contributed by atoms with Gasteiger partial charge in [-0.1, -0.05) is 31.9 Å². The first-order chi connectivity index (χ1) is 7.90. The first-order valence-corrected chi connectivity index (χ1v) is 6.36. The summed E-state index contributed by atoms with van der Waals surface area (Å²) in [5.74, 6) is 0.770. The highest BCUT2D eigenvalue weighted by Gasteiger charge is 2.20. The van der Waals surface area contributed by atoms with Crippen LogP contribution in [0.25, 0.3) is 10.9 Å². The number of H-pyrrole nitrogens is 1. The van der Waals surface area contributed by atoms with Crippen molar-refractivity contribution < 1.29 is 0 Å². The molecule has 2 aromatic rings. The van der Waals surface area contributed by atoms with Crippen molar-refractivity contribution >= 4 is 10.9 Å². The molecule has 1 aromatic carbocycles. The van der Waals surface area contributed by atoms with E-state index in [0.29, 0.717) is 0 Å². The molecule has 0 atom stereocenters. The van der Waals surface area contributed by atoms with Crippen LogP contribution in [-0.2, 0) is 6.42 Å². The lowest BCUT2D eigenvalue weighted by Crippen LogP contribution is -1.94. The summed E-state index contributed by atoms with van der Waals surface area (Å²) in [5, 5.41) is 8.97. The second-order valence-electron chi connectivity index (χ2n) is 4.78. The fourth-order valence-corrected chi connectivity index (χ4v) is 3.00. The number of nitrogens with one attached hydrogen (secondary N) is 1. The molecule has 1 saturated carbocycles. The predicted molar refractivity (Wildman–Crippen MR) is 66.7 cm³/mol. The second kappa shape index (κ2) is 3.93. The lowest BCUT2D eigenvalue weighted by molar-refractivity contribution is 0.729. The molecule has 0 bridgehead atoms. The molecule has 0 amide bonds. The summed E-state index contributed by atoms with van der Waals surface area (Å²) in [7, 11) is 0. The zero-order valence-electron chi connectivity index (χ0n) is 9.79. The highest BCUT2D eigenvalue weighted by Crippen LogP contribution is 2.38. The van der Waals surface area contributed by atoms with Crippen LogP contribution < -0.4 is 0 Å². The van der Waals surface area contributed by atoms with Gasteiger partial charge in [-0.25, -0.2) is 0 Å². The normalized spacial score (nSPS) is 17.3. The monoisotopic (exact) mass is 214 g/mol. The van der Waals surface area contributed by atoms with Crippen molar-refractivity contribution in [2.75, 3.05) is 0 Å². The number of aryl methyl sites for hydroxylation is 1. The van der Waals surface area contributed by atoms with Crippen molar-refractivity contribution in [2.45, 2.75) is 44.9 Å². The SMILES string of the molecule is CCc1[nH]nc2cccc(C3CCCC3)c12. The molecule has 0 spiro atoms. The molecule has 1 aromatic heterocycles. The van der Waals surface area contributed by atoms with Crippen molar-refractivity contribution in [2.24, 2.45) is 0 Å². The molecule has 1 heterocycles. The van der Waals surface area contributed by atoms with E-state index in [0.717, 1.165) is 17.9 Å². The Morgan fingerprint density at radius 2 is 2.12 bits per heavy atom. The van der Waals surface area contributed by atoms with Crippen molar-refractivity contribution in [3.8, 4) is 0 Å². The Morgan fingerprint density at radius 3 is 2.88 bits per heavy atom. The summed E-state index contributed by atoms with van der Waals surface area (Å²) in [4.78, 5) is 0. The van der Waals surface area contributed by atoms with Gasteiger partial charge in [0.15, 0.2) is 0 Å². The number of aromatic nitrogens is 2. The minimum Gasteiger partial charge on any atom is -0.281 e. The highest BCUT2D eigenvalue weighted by molar-refractivity contribution is 5.85. The fourth-order valence-electron chi connectivity index (χ4n) is 3.00. The van der Waals surface area contributed by atoms with E-state index in [1.165, 1.54) is 42.3 Å². The fraction of sp³-hybridized carbons (Fsp3) is 0.500. The Morgan fingerprint density at radius 1 is 1.31 bits per heavy atom. The highest BCUT2D eigenvalue weighted by atomic mass is 15.1. The molecule has 0 radical (unpaired) electrons. The zero-order chi connectivity index (χ0) is 11.0. The maximum absolute atomic E-state index is 4.40. The minimum atomic E-state index is 0.770. The Bertz CT molecular complexity index is 492. The second-order valence-corrected chi connectivity index (χ2v) is 4.78. The van der Waals surface area contributed by atoms with Crippen LogP contribution in [0, 0.1) is 0 Å². The van der Waals surface area contributed by atoms with Crippen LogP contribution >= 0.6 is 0 Å². The third kappa shape index (κ3) is 1.44. The quantitative estimate of drug-likeness (QED) is 0.809. The van der Waals surface area contributed by atoms with Gasteiger partial charge in [-0.05, 0) is 36.8 Å². The molecule has 1 fully saturated rings. The average molecular weight is 214 g/mol. The smallest absolute Gasteiger partial charge is 0.0926 e. The van der Waals surface area contributed by atoms with E-state index < -0.39 is 0 Å². The molecule has 0 aliphatic heterocycles. The first kappa shape index (κ1) is 9.88. The van der Waals surface area contributed by atoms with E-state index in [2.05, 4.69) is 35.3 Å². The molecular formula is C14H18N2. The summed E-state index contributed by atoms with van der Waals surface area (Å²) in [6.07, 6.45) is 6.53. The Balaban J connectivity index is 2.18. The van der Waals surface area contributed by atoms with Crippen molar-refractivity contribution in [1.82, 2.24) is 10.2 Å². The van der Waals surface area contributed by atoms with Crippen LogP contribution in [-0.4, -0.2) is 10.2 Å². The number of nitrogens with zero attached hydrogens (tertiary/aromatic N) is 1. The summed E-state index contributed by atoms with van der Waals surface area (Å²) < 4.78 is 0. The summed E-state index contributed by atoms with van der Waals surface area (Å²) >= 11 is 0. The van der Waals surface area contributed by atoms with Gasteiger partial charge in [-0.3, -0.25) is 5.10 Å². The largest absolute Gasteiger partial charge is 0.281 e. The van der Waals surface area contributed by atoms with Crippen LogP contribution in [0.5, 0.6) is 0 Å². The topological polar surface area (TPSA) is 28.7 Å². The predicted octanol–water partition coefficient (Wildman–Crippen LogP) is 3.78. The van der Waals surface area contributed by atoms with Gasteiger partial charge in [0.1, 0.15) is 0 Å². The summed E-state index contributed by atoms with van der Waals surface area (Å²) in [6, 6.07) is 6.56. The number of benzene rings is 1. The van der Waals surface area contributed by atoms with Gasteiger partial charge in [0.25, 0.3) is 0 Å². The van der Waals surface area contributed by atoms with Crippen molar-refractivity contribution in [3.63, 3.8) is 0 Å².